The van der Waals surface area contributed by atoms with Crippen molar-refractivity contribution >= 4 is 17.7 Å². The molecule has 1 saturated heterocycles. The number of guanidine groups is 1. The van der Waals surface area contributed by atoms with Crippen molar-refractivity contribution in [1.82, 2.24) is 10.6 Å². The quantitative estimate of drug-likeness (QED) is 0.599. The molecular weight excluding hydrogens is 323 g/mol. The zero-order valence-electron chi connectivity index (χ0n) is 13.8. The number of nitrogens with one attached hydrogen (secondary N) is 2. The molecule has 1 aliphatic carbocycles. The van der Waals surface area contributed by atoms with Crippen LogP contribution in [0.15, 0.2) is 4.99 Å². The van der Waals surface area contributed by atoms with Gasteiger partial charge in [0.2, 0.25) is 0 Å². The first-order valence-corrected chi connectivity index (χ1v) is 9.73. The van der Waals surface area contributed by atoms with Gasteiger partial charge in [0.05, 0.1) is 5.92 Å². The van der Waals surface area contributed by atoms with Crippen LogP contribution >= 0.6 is 11.8 Å². The van der Waals surface area contributed by atoms with Crippen molar-refractivity contribution in [2.75, 3.05) is 31.6 Å². The third-order valence-corrected chi connectivity index (χ3v) is 5.98. The van der Waals surface area contributed by atoms with Gasteiger partial charge in [-0.2, -0.15) is 24.9 Å². The summed E-state index contributed by atoms with van der Waals surface area (Å²) in [4.78, 5) is 4.19. The molecular formula is C16H28F3N3S. The van der Waals surface area contributed by atoms with Crippen LogP contribution in [0.25, 0.3) is 0 Å². The first kappa shape index (κ1) is 18.7. The predicted molar refractivity (Wildman–Crippen MR) is 90.9 cm³/mol. The summed E-state index contributed by atoms with van der Waals surface area (Å²) in [5, 5.41) is 6.54. The number of thioether (sulfide) groups is 1. The third-order valence-electron chi connectivity index (χ3n) is 4.93. The van der Waals surface area contributed by atoms with Crippen molar-refractivity contribution in [2.24, 2.45) is 22.7 Å². The van der Waals surface area contributed by atoms with Crippen molar-refractivity contribution in [2.45, 2.75) is 44.7 Å². The number of rotatable bonds is 4. The Morgan fingerprint density at radius 1 is 1.04 bits per heavy atom. The average molecular weight is 351 g/mol. The number of hydrogen-bond donors (Lipinski definition) is 2. The summed E-state index contributed by atoms with van der Waals surface area (Å²) in [6.07, 6.45) is 0.478. The standard InChI is InChI=1S/C16H28F3N3S/c1-20-15(21-10-12-5-7-23-8-6-12)22-11-13-3-2-4-14(9-13)16(17,18)19/h12-14H,2-11H2,1H3,(H2,20,21,22). The minimum Gasteiger partial charge on any atom is -0.356 e. The lowest BCUT2D eigenvalue weighted by molar-refractivity contribution is -0.185. The minimum atomic E-state index is -4.04. The lowest BCUT2D eigenvalue weighted by Crippen LogP contribution is -2.43. The summed E-state index contributed by atoms with van der Waals surface area (Å²) >= 11 is 2.00. The molecule has 0 spiro atoms. The van der Waals surface area contributed by atoms with Crippen molar-refractivity contribution < 1.29 is 13.2 Å². The topological polar surface area (TPSA) is 36.4 Å². The average Bonchev–Trinajstić information content (AvgIpc) is 2.55. The second kappa shape index (κ2) is 9.04. The lowest BCUT2D eigenvalue weighted by atomic mass is 9.81. The van der Waals surface area contributed by atoms with Gasteiger partial charge in [-0.15, -0.1) is 0 Å². The van der Waals surface area contributed by atoms with E-state index in [1.807, 2.05) is 11.8 Å². The molecule has 0 aromatic carbocycles. The molecule has 1 heterocycles. The molecule has 2 aliphatic rings. The maximum absolute atomic E-state index is 12.8. The van der Waals surface area contributed by atoms with Crippen molar-refractivity contribution in [1.29, 1.82) is 0 Å². The highest BCUT2D eigenvalue weighted by molar-refractivity contribution is 7.99. The molecule has 1 saturated carbocycles. The van der Waals surface area contributed by atoms with Crippen LogP contribution in [0, 0.1) is 17.8 Å². The molecule has 2 fully saturated rings. The molecule has 1 aliphatic heterocycles. The van der Waals surface area contributed by atoms with Gasteiger partial charge in [0.1, 0.15) is 0 Å². The maximum Gasteiger partial charge on any atom is 0.391 e. The van der Waals surface area contributed by atoms with E-state index in [1.165, 1.54) is 24.3 Å². The molecule has 23 heavy (non-hydrogen) atoms. The predicted octanol–water partition coefficient (Wildman–Crippen LogP) is 3.66. The summed E-state index contributed by atoms with van der Waals surface area (Å²) in [6, 6.07) is 0. The van der Waals surface area contributed by atoms with Gasteiger partial charge in [0.15, 0.2) is 5.96 Å². The normalized spacial score (nSPS) is 27.7. The van der Waals surface area contributed by atoms with Crippen molar-refractivity contribution in [3.05, 3.63) is 0 Å². The Labute approximate surface area is 141 Å². The van der Waals surface area contributed by atoms with Crippen LogP contribution in [-0.2, 0) is 0 Å². The first-order valence-electron chi connectivity index (χ1n) is 8.58. The summed E-state index contributed by atoms with van der Waals surface area (Å²) in [5.74, 6) is 2.80. The fraction of sp³-hybridized carbons (Fsp3) is 0.938. The lowest BCUT2D eigenvalue weighted by Gasteiger charge is -2.31. The van der Waals surface area contributed by atoms with E-state index in [0.29, 0.717) is 18.9 Å². The second-order valence-electron chi connectivity index (χ2n) is 6.66. The first-order chi connectivity index (χ1) is 11.0. The minimum absolute atomic E-state index is 0.0833. The maximum atomic E-state index is 12.8. The number of halogens is 3. The van der Waals surface area contributed by atoms with Crippen LogP contribution in [0.4, 0.5) is 13.2 Å². The van der Waals surface area contributed by atoms with E-state index in [4.69, 9.17) is 0 Å². The Hall–Kier alpha value is -0.590. The fourth-order valence-electron chi connectivity index (χ4n) is 3.43. The second-order valence-corrected chi connectivity index (χ2v) is 7.89. The fourth-order valence-corrected chi connectivity index (χ4v) is 4.63. The number of alkyl halides is 3. The van der Waals surface area contributed by atoms with Gasteiger partial charge in [0.25, 0.3) is 0 Å². The third kappa shape index (κ3) is 6.43. The molecule has 2 N–H and O–H groups in total. The highest BCUT2D eigenvalue weighted by Gasteiger charge is 2.42. The van der Waals surface area contributed by atoms with Crippen molar-refractivity contribution in [3.63, 3.8) is 0 Å². The van der Waals surface area contributed by atoms with Crippen LogP contribution in [-0.4, -0.2) is 43.8 Å². The SMILES string of the molecule is CN=C(NCC1CCSCC1)NCC1CCCC(C(F)(F)F)C1. The van der Waals surface area contributed by atoms with E-state index in [2.05, 4.69) is 15.6 Å². The zero-order chi connectivity index (χ0) is 16.7. The smallest absolute Gasteiger partial charge is 0.356 e. The van der Waals surface area contributed by atoms with E-state index in [-0.39, 0.29) is 18.8 Å². The van der Waals surface area contributed by atoms with Crippen LogP contribution in [0.2, 0.25) is 0 Å². The summed E-state index contributed by atoms with van der Waals surface area (Å²) in [5.41, 5.74) is 0. The van der Waals surface area contributed by atoms with Crippen molar-refractivity contribution in [3.8, 4) is 0 Å². The molecule has 134 valence electrons. The Bertz CT molecular complexity index is 381. The van der Waals surface area contributed by atoms with Gasteiger partial charge in [-0.05, 0) is 55.4 Å². The zero-order valence-corrected chi connectivity index (χ0v) is 14.6. The summed E-state index contributed by atoms with van der Waals surface area (Å²) < 4.78 is 38.5. The molecule has 2 atom stereocenters. The number of nitrogens with zero attached hydrogens (tertiary/aromatic N) is 1. The van der Waals surface area contributed by atoms with E-state index in [9.17, 15) is 13.2 Å². The van der Waals surface area contributed by atoms with E-state index >= 15 is 0 Å². The molecule has 0 aromatic heterocycles. The molecule has 3 nitrogen and oxygen atoms in total. The largest absolute Gasteiger partial charge is 0.391 e. The summed E-state index contributed by atoms with van der Waals surface area (Å²) in [6.45, 7) is 1.48. The Kier molecular flexibility index (Phi) is 7.37. The van der Waals surface area contributed by atoms with Gasteiger partial charge in [0, 0.05) is 20.1 Å². The van der Waals surface area contributed by atoms with E-state index in [1.54, 1.807) is 7.05 Å². The van der Waals surface area contributed by atoms with Crippen LogP contribution in [0.5, 0.6) is 0 Å². The monoisotopic (exact) mass is 351 g/mol. The Balaban J connectivity index is 1.70. The van der Waals surface area contributed by atoms with Gasteiger partial charge in [-0.25, -0.2) is 0 Å². The van der Waals surface area contributed by atoms with Gasteiger partial charge >= 0.3 is 6.18 Å². The summed E-state index contributed by atoms with van der Waals surface area (Å²) in [7, 11) is 1.71. The van der Waals surface area contributed by atoms with Gasteiger partial charge in [-0.3, -0.25) is 4.99 Å². The van der Waals surface area contributed by atoms with Crippen LogP contribution in [0.3, 0.4) is 0 Å². The van der Waals surface area contributed by atoms with Crippen LogP contribution in [0.1, 0.15) is 38.5 Å². The van der Waals surface area contributed by atoms with Gasteiger partial charge < -0.3 is 10.6 Å². The molecule has 7 heteroatoms. The highest BCUT2D eigenvalue weighted by Crippen LogP contribution is 2.39. The molecule has 2 unspecified atom stereocenters. The molecule has 0 radical (unpaired) electrons. The highest BCUT2D eigenvalue weighted by atomic mass is 32.2. The number of aliphatic imine (C=N–C) groups is 1. The van der Waals surface area contributed by atoms with E-state index in [0.717, 1.165) is 18.9 Å². The molecule has 2 rings (SSSR count). The molecule has 0 bridgehead atoms. The Morgan fingerprint density at radius 2 is 1.70 bits per heavy atom. The number of hydrogen-bond acceptors (Lipinski definition) is 2. The molecule has 0 amide bonds. The van der Waals surface area contributed by atoms with Crippen LogP contribution < -0.4 is 10.6 Å². The molecule has 0 aromatic rings. The van der Waals surface area contributed by atoms with E-state index < -0.39 is 12.1 Å². The Morgan fingerprint density at radius 3 is 2.30 bits per heavy atom. The van der Waals surface area contributed by atoms with Gasteiger partial charge in [-0.1, -0.05) is 6.42 Å².